The fourth-order valence-electron chi connectivity index (χ4n) is 3.28. The Morgan fingerprint density at radius 2 is 1.75 bits per heavy atom. The summed E-state index contributed by atoms with van der Waals surface area (Å²) in [6.45, 7) is 11.6. The molecule has 0 heterocycles. The molecule has 7 heteroatoms. The number of hydrogen-bond acceptors (Lipinski definition) is 4. The summed E-state index contributed by atoms with van der Waals surface area (Å²) >= 11 is 0. The molecular weight excluding hydrogens is 465 g/mol. The maximum absolute atomic E-state index is 5.37. The van der Waals surface area contributed by atoms with Crippen LogP contribution in [0.2, 0.25) is 0 Å². The summed E-state index contributed by atoms with van der Waals surface area (Å²) in [6.07, 6.45) is 0. The van der Waals surface area contributed by atoms with Gasteiger partial charge in [0.15, 0.2) is 5.96 Å². The van der Waals surface area contributed by atoms with Gasteiger partial charge in [-0.2, -0.15) is 0 Å². The lowest BCUT2D eigenvalue weighted by Crippen LogP contribution is -2.46. The van der Waals surface area contributed by atoms with E-state index >= 15 is 0 Å². The number of hydrogen-bond donors (Lipinski definition) is 2. The van der Waals surface area contributed by atoms with Crippen LogP contribution in [-0.4, -0.2) is 75.7 Å². The Kier molecular flexibility index (Phi) is 13.5. The molecule has 0 aromatic heterocycles. The Balaban J connectivity index is 0.00000729. The van der Waals surface area contributed by atoms with Crippen molar-refractivity contribution in [2.75, 3.05) is 47.9 Å². The molecule has 0 saturated heterocycles. The minimum atomic E-state index is 0. The Morgan fingerprint density at radius 3 is 2.25 bits per heavy atom. The number of benzene rings is 1. The molecule has 162 valence electrons. The first-order valence-electron chi connectivity index (χ1n) is 9.80. The second kappa shape index (κ2) is 14.0. The normalized spacial score (nSPS) is 13.1. The molecule has 1 aromatic rings. The van der Waals surface area contributed by atoms with E-state index in [-0.39, 0.29) is 30.0 Å². The van der Waals surface area contributed by atoms with Gasteiger partial charge in [-0.15, -0.1) is 24.0 Å². The molecule has 0 aliphatic carbocycles. The summed E-state index contributed by atoms with van der Waals surface area (Å²) in [5.74, 6) is 1.71. The van der Waals surface area contributed by atoms with Crippen LogP contribution >= 0.6 is 24.0 Å². The summed E-state index contributed by atoms with van der Waals surface area (Å²) in [5, 5.41) is 6.89. The molecule has 1 atom stereocenters. The smallest absolute Gasteiger partial charge is 0.191 e. The standard InChI is InChI=1S/C21H39N5O.HI/c1-16(2)26(17(3)4)13-12-23-21(22-5)24-15-20(25(6)7)18-10-9-11-19(14-18)27-8;/h9-11,14,16-17,20H,12-13,15H2,1-8H3,(H2,22,23,24);1H. The van der Waals surface area contributed by atoms with Gasteiger partial charge in [0, 0.05) is 38.8 Å². The lowest BCUT2D eigenvalue weighted by molar-refractivity contribution is 0.178. The molecule has 0 aliphatic heterocycles. The quantitative estimate of drug-likeness (QED) is 0.291. The van der Waals surface area contributed by atoms with E-state index in [9.17, 15) is 0 Å². The molecule has 1 unspecified atom stereocenters. The van der Waals surface area contributed by atoms with Crippen molar-refractivity contribution in [1.82, 2.24) is 20.4 Å². The van der Waals surface area contributed by atoms with Gasteiger partial charge in [-0.05, 0) is 59.5 Å². The molecule has 0 amide bonds. The number of halogens is 1. The summed E-state index contributed by atoms with van der Waals surface area (Å²) in [5.41, 5.74) is 1.22. The molecule has 0 fully saturated rings. The van der Waals surface area contributed by atoms with Gasteiger partial charge in [-0.3, -0.25) is 9.89 Å². The van der Waals surface area contributed by atoms with E-state index in [1.165, 1.54) is 5.56 Å². The highest BCUT2D eigenvalue weighted by Gasteiger charge is 2.16. The molecule has 0 spiro atoms. The highest BCUT2D eigenvalue weighted by molar-refractivity contribution is 14.0. The average molecular weight is 505 g/mol. The molecule has 0 bridgehead atoms. The number of aliphatic imine (C=N–C) groups is 1. The molecule has 1 rings (SSSR count). The number of nitrogens with one attached hydrogen (secondary N) is 2. The Labute approximate surface area is 189 Å². The minimum absolute atomic E-state index is 0. The molecule has 6 nitrogen and oxygen atoms in total. The van der Waals surface area contributed by atoms with Crippen LogP contribution in [0.15, 0.2) is 29.3 Å². The van der Waals surface area contributed by atoms with E-state index in [0.29, 0.717) is 12.1 Å². The zero-order valence-electron chi connectivity index (χ0n) is 18.8. The largest absolute Gasteiger partial charge is 0.497 e. The first-order valence-corrected chi connectivity index (χ1v) is 9.80. The van der Waals surface area contributed by atoms with Gasteiger partial charge < -0.3 is 20.3 Å². The summed E-state index contributed by atoms with van der Waals surface area (Å²) in [4.78, 5) is 9.04. The lowest BCUT2D eigenvalue weighted by atomic mass is 10.1. The number of methoxy groups -OCH3 is 1. The van der Waals surface area contributed by atoms with Gasteiger partial charge in [0.2, 0.25) is 0 Å². The molecule has 1 aromatic carbocycles. The van der Waals surface area contributed by atoms with Crippen LogP contribution in [0.1, 0.15) is 39.3 Å². The molecule has 0 aliphatic rings. The van der Waals surface area contributed by atoms with Crippen LogP contribution in [0, 0.1) is 0 Å². The third-order valence-electron chi connectivity index (χ3n) is 4.78. The lowest BCUT2D eigenvalue weighted by Gasteiger charge is -2.31. The Hall–Kier alpha value is -1.06. The van der Waals surface area contributed by atoms with Crippen molar-refractivity contribution in [2.45, 2.75) is 45.8 Å². The van der Waals surface area contributed by atoms with Gasteiger partial charge >= 0.3 is 0 Å². The van der Waals surface area contributed by atoms with Crippen LogP contribution in [0.25, 0.3) is 0 Å². The van der Waals surface area contributed by atoms with Crippen molar-refractivity contribution in [3.05, 3.63) is 29.8 Å². The van der Waals surface area contributed by atoms with Crippen molar-refractivity contribution in [2.24, 2.45) is 4.99 Å². The maximum atomic E-state index is 5.37. The predicted octanol–water partition coefficient (Wildman–Crippen LogP) is 3.20. The van der Waals surface area contributed by atoms with Crippen molar-refractivity contribution in [1.29, 1.82) is 0 Å². The summed E-state index contributed by atoms with van der Waals surface area (Å²) in [7, 11) is 7.69. The highest BCUT2D eigenvalue weighted by Crippen LogP contribution is 2.22. The number of rotatable bonds is 10. The first kappa shape index (κ1) is 26.9. The second-order valence-corrected chi connectivity index (χ2v) is 7.56. The minimum Gasteiger partial charge on any atom is -0.497 e. The van der Waals surface area contributed by atoms with E-state index in [0.717, 1.165) is 31.3 Å². The van der Waals surface area contributed by atoms with Crippen LogP contribution in [0.5, 0.6) is 5.75 Å². The van der Waals surface area contributed by atoms with E-state index in [1.807, 2.05) is 19.2 Å². The number of guanidine groups is 1. The fraction of sp³-hybridized carbons (Fsp3) is 0.667. The van der Waals surface area contributed by atoms with E-state index in [2.05, 4.69) is 79.3 Å². The summed E-state index contributed by atoms with van der Waals surface area (Å²) < 4.78 is 5.37. The SMILES string of the molecule is CN=C(NCCN(C(C)C)C(C)C)NCC(c1cccc(OC)c1)N(C)C.I. The number of ether oxygens (including phenoxy) is 1. The monoisotopic (exact) mass is 505 g/mol. The molecule has 28 heavy (non-hydrogen) atoms. The van der Waals surface area contributed by atoms with Crippen LogP contribution in [0.4, 0.5) is 0 Å². The van der Waals surface area contributed by atoms with Gasteiger partial charge in [0.25, 0.3) is 0 Å². The zero-order valence-corrected chi connectivity index (χ0v) is 21.2. The second-order valence-electron chi connectivity index (χ2n) is 7.56. The third kappa shape index (κ3) is 8.96. The fourth-order valence-corrected chi connectivity index (χ4v) is 3.28. The topological polar surface area (TPSA) is 52.1 Å². The van der Waals surface area contributed by atoms with Crippen molar-refractivity contribution >= 4 is 29.9 Å². The highest BCUT2D eigenvalue weighted by atomic mass is 127. The predicted molar refractivity (Wildman–Crippen MR) is 131 cm³/mol. The molecule has 2 N–H and O–H groups in total. The number of likely N-dealkylation sites (N-methyl/N-ethyl adjacent to an activating group) is 1. The van der Waals surface area contributed by atoms with Crippen molar-refractivity contribution < 1.29 is 4.74 Å². The van der Waals surface area contributed by atoms with Gasteiger partial charge in [-0.25, -0.2) is 0 Å². The van der Waals surface area contributed by atoms with Crippen LogP contribution < -0.4 is 15.4 Å². The zero-order chi connectivity index (χ0) is 20.4. The van der Waals surface area contributed by atoms with Crippen molar-refractivity contribution in [3.63, 3.8) is 0 Å². The molecule has 0 saturated carbocycles. The van der Waals surface area contributed by atoms with Gasteiger partial charge in [0.1, 0.15) is 5.75 Å². The molecule has 0 radical (unpaired) electrons. The summed E-state index contributed by atoms with van der Waals surface area (Å²) in [6, 6.07) is 9.52. The van der Waals surface area contributed by atoms with Crippen LogP contribution in [-0.2, 0) is 0 Å². The number of nitrogens with zero attached hydrogens (tertiary/aromatic N) is 3. The average Bonchev–Trinajstić information content (AvgIpc) is 2.62. The van der Waals surface area contributed by atoms with Crippen molar-refractivity contribution in [3.8, 4) is 5.75 Å². The van der Waals surface area contributed by atoms with E-state index < -0.39 is 0 Å². The van der Waals surface area contributed by atoms with Gasteiger partial charge in [-0.1, -0.05) is 12.1 Å². The first-order chi connectivity index (χ1) is 12.8. The maximum Gasteiger partial charge on any atom is 0.191 e. The van der Waals surface area contributed by atoms with Crippen LogP contribution in [0.3, 0.4) is 0 Å². The Morgan fingerprint density at radius 1 is 1.11 bits per heavy atom. The Bertz CT molecular complexity index is 570. The van der Waals surface area contributed by atoms with E-state index in [1.54, 1.807) is 7.11 Å². The third-order valence-corrected chi connectivity index (χ3v) is 4.78. The van der Waals surface area contributed by atoms with Gasteiger partial charge in [0.05, 0.1) is 13.2 Å². The molecular formula is C21H40IN5O. The van der Waals surface area contributed by atoms with E-state index in [4.69, 9.17) is 4.74 Å².